The minimum Gasteiger partial charge on any atom is -0.454 e. The molecule has 0 bridgehead atoms. The van der Waals surface area contributed by atoms with Crippen LogP contribution in [0.4, 0.5) is 17.1 Å². The molecule has 4 nitrogen and oxygen atoms in total. The van der Waals surface area contributed by atoms with Crippen molar-refractivity contribution in [2.24, 2.45) is 5.92 Å². The van der Waals surface area contributed by atoms with Crippen molar-refractivity contribution in [2.75, 3.05) is 9.80 Å². The van der Waals surface area contributed by atoms with E-state index in [-0.39, 0.29) is 29.5 Å². The van der Waals surface area contributed by atoms with Gasteiger partial charge in [0, 0.05) is 56.3 Å². The van der Waals surface area contributed by atoms with Crippen molar-refractivity contribution >= 4 is 51.2 Å². The molecule has 2 aliphatic heterocycles. The zero-order valence-electron chi connectivity index (χ0n) is 32.7. The van der Waals surface area contributed by atoms with Gasteiger partial charge < -0.3 is 19.1 Å². The van der Waals surface area contributed by atoms with Gasteiger partial charge in [0.05, 0.1) is 11.2 Å². The van der Waals surface area contributed by atoms with Crippen LogP contribution in [0.5, 0.6) is 0 Å². The summed E-state index contributed by atoms with van der Waals surface area (Å²) in [4.78, 5) is 8.03. The van der Waals surface area contributed by atoms with Gasteiger partial charge in [0.2, 0.25) is 6.71 Å². The van der Waals surface area contributed by atoms with Crippen molar-refractivity contribution in [1.82, 2.24) is 4.90 Å². The van der Waals surface area contributed by atoms with Crippen molar-refractivity contribution in [3.63, 3.8) is 0 Å². The number of allylic oxidation sites excluding steroid dienone is 9. The Morgan fingerprint density at radius 2 is 1.64 bits per heavy atom. The zero-order chi connectivity index (χ0) is 37.6. The normalized spacial score (nSPS) is 26.5. The number of nitrogens with zero attached hydrogens (tertiary/aromatic N) is 3. The molecule has 56 heavy (non-hydrogen) atoms. The number of furan rings is 1. The molecule has 0 spiro atoms. The molecule has 11 rings (SSSR count). The summed E-state index contributed by atoms with van der Waals surface area (Å²) in [6, 6.07) is 35.3. The Morgan fingerprint density at radius 3 is 2.48 bits per heavy atom. The molecule has 4 aliphatic carbocycles. The molecule has 3 heterocycles. The number of anilines is 3. The molecule has 0 N–H and O–H groups in total. The fraction of sp³-hybridized carbons (Fsp3) is 0.255. The lowest BCUT2D eigenvalue weighted by atomic mass is 9.25. The first-order valence-electron chi connectivity index (χ1n) is 20.8. The average Bonchev–Trinajstić information content (AvgIpc) is 3.62. The number of hydrogen-bond donors (Lipinski definition) is 0. The van der Waals surface area contributed by atoms with Gasteiger partial charge in [0.1, 0.15) is 5.58 Å². The highest BCUT2D eigenvalue weighted by atomic mass is 16.3. The fourth-order valence-electron chi connectivity index (χ4n) is 11.4. The van der Waals surface area contributed by atoms with Crippen LogP contribution in [0.1, 0.15) is 59.3 Å². The number of rotatable bonds is 5. The van der Waals surface area contributed by atoms with Crippen LogP contribution >= 0.6 is 0 Å². The highest BCUT2D eigenvalue weighted by molar-refractivity contribution is 6.84. The fourth-order valence-corrected chi connectivity index (χ4v) is 11.4. The van der Waals surface area contributed by atoms with Crippen molar-refractivity contribution in [3.8, 4) is 0 Å². The molecular weight excluding hydrogens is 681 g/mol. The maximum atomic E-state index is 6.76. The summed E-state index contributed by atoms with van der Waals surface area (Å²) in [6.07, 6.45) is 28.4. The minimum absolute atomic E-state index is 0.0633. The third-order valence-corrected chi connectivity index (χ3v) is 13.7. The Labute approximate surface area is 331 Å². The van der Waals surface area contributed by atoms with Crippen LogP contribution in [0.2, 0.25) is 5.82 Å². The standard InChI is InChI=1S/C51H48BN3O/c1-35-33-41-46(34-45(35)54(37-21-9-5-10-22-37)43-27-17-24-39-38-23-11-14-29-47(38)56-48(39)43)55(50(2)30-15-6-16-31-50)51(3)32-18-28-44-49(51)52(41)40-25-12-13-26-42(40)53(44)36-19-7-4-8-20-36/h5-7,9-15,17-29,32,34-35,49H,4,8,16,30-31,33H2,1-3H3. The van der Waals surface area contributed by atoms with E-state index in [1.165, 1.54) is 33.9 Å². The van der Waals surface area contributed by atoms with Crippen LogP contribution in [-0.2, 0) is 0 Å². The Bertz CT molecular complexity index is 2640. The summed E-state index contributed by atoms with van der Waals surface area (Å²) in [5.41, 5.74) is 13.6. The number of hydrogen-bond acceptors (Lipinski definition) is 4. The predicted molar refractivity (Wildman–Crippen MR) is 235 cm³/mol. The topological polar surface area (TPSA) is 22.9 Å². The lowest BCUT2D eigenvalue weighted by Crippen LogP contribution is -2.69. The molecular formula is C51H48BN3O. The molecule has 6 aliphatic rings. The quantitative estimate of drug-likeness (QED) is 0.133. The predicted octanol–water partition coefficient (Wildman–Crippen LogP) is 12.3. The van der Waals surface area contributed by atoms with Gasteiger partial charge >= 0.3 is 0 Å². The molecule has 0 fully saturated rings. The first kappa shape index (κ1) is 33.6. The second kappa shape index (κ2) is 12.7. The van der Waals surface area contributed by atoms with Crippen LogP contribution in [0, 0.1) is 5.92 Å². The number of para-hydroxylation sites is 4. The molecule has 0 radical (unpaired) electrons. The van der Waals surface area contributed by atoms with Crippen molar-refractivity contribution in [1.29, 1.82) is 0 Å². The largest absolute Gasteiger partial charge is 0.454 e. The number of benzene rings is 4. The Balaban J connectivity index is 1.18. The second-order valence-corrected chi connectivity index (χ2v) is 17.2. The molecule has 4 aromatic carbocycles. The van der Waals surface area contributed by atoms with E-state index in [4.69, 9.17) is 4.42 Å². The van der Waals surface area contributed by atoms with Crippen LogP contribution in [0.15, 0.2) is 184 Å². The Hall–Kier alpha value is -5.68. The van der Waals surface area contributed by atoms with E-state index in [0.29, 0.717) is 0 Å². The van der Waals surface area contributed by atoms with E-state index in [1.807, 2.05) is 0 Å². The highest BCUT2D eigenvalue weighted by Gasteiger charge is 2.60. The van der Waals surface area contributed by atoms with Crippen LogP contribution in [0.25, 0.3) is 21.9 Å². The van der Waals surface area contributed by atoms with Gasteiger partial charge in [-0.15, -0.1) is 0 Å². The third-order valence-electron chi connectivity index (χ3n) is 13.7. The summed E-state index contributed by atoms with van der Waals surface area (Å²) in [7, 11) is 0. The zero-order valence-corrected chi connectivity index (χ0v) is 32.7. The molecule has 0 saturated heterocycles. The molecule has 4 unspecified atom stereocenters. The van der Waals surface area contributed by atoms with Gasteiger partial charge in [0.15, 0.2) is 5.58 Å². The van der Waals surface area contributed by atoms with Crippen molar-refractivity contribution < 1.29 is 4.42 Å². The summed E-state index contributed by atoms with van der Waals surface area (Å²) < 4.78 is 6.76. The third kappa shape index (κ3) is 4.85. The maximum absolute atomic E-state index is 6.76. The van der Waals surface area contributed by atoms with Gasteiger partial charge in [-0.1, -0.05) is 121 Å². The van der Waals surface area contributed by atoms with Crippen molar-refractivity contribution in [2.45, 2.75) is 76.2 Å². The summed E-state index contributed by atoms with van der Waals surface area (Å²) in [5, 5.41) is 2.30. The van der Waals surface area contributed by atoms with Crippen LogP contribution in [-0.4, -0.2) is 22.7 Å². The van der Waals surface area contributed by atoms with E-state index in [1.54, 1.807) is 5.47 Å². The summed E-state index contributed by atoms with van der Waals surface area (Å²) in [5.74, 6) is 0.511. The average molecular weight is 730 g/mol. The molecule has 4 atom stereocenters. The van der Waals surface area contributed by atoms with E-state index in [0.717, 1.165) is 71.8 Å². The van der Waals surface area contributed by atoms with Gasteiger partial charge in [0.25, 0.3) is 0 Å². The Morgan fingerprint density at radius 1 is 0.821 bits per heavy atom. The van der Waals surface area contributed by atoms with Gasteiger partial charge in [-0.05, 0) is 107 Å². The highest BCUT2D eigenvalue weighted by Crippen LogP contribution is 2.59. The van der Waals surface area contributed by atoms with Gasteiger partial charge in [-0.3, -0.25) is 0 Å². The molecule has 0 amide bonds. The van der Waals surface area contributed by atoms with Gasteiger partial charge in [-0.2, -0.15) is 0 Å². The lowest BCUT2D eigenvalue weighted by Gasteiger charge is -2.64. The second-order valence-electron chi connectivity index (χ2n) is 17.2. The first-order chi connectivity index (χ1) is 27.4. The molecule has 0 saturated carbocycles. The van der Waals surface area contributed by atoms with Crippen LogP contribution in [0.3, 0.4) is 0 Å². The van der Waals surface area contributed by atoms with Gasteiger partial charge in [-0.25, -0.2) is 0 Å². The molecule has 276 valence electrons. The van der Waals surface area contributed by atoms with E-state index >= 15 is 0 Å². The summed E-state index contributed by atoms with van der Waals surface area (Å²) in [6.45, 7) is 7.79. The van der Waals surface area contributed by atoms with E-state index in [9.17, 15) is 0 Å². The molecule has 5 aromatic rings. The molecule has 5 heteroatoms. The summed E-state index contributed by atoms with van der Waals surface area (Å²) >= 11 is 0. The van der Waals surface area contributed by atoms with E-state index < -0.39 is 0 Å². The lowest BCUT2D eigenvalue weighted by molar-refractivity contribution is 0.0495. The van der Waals surface area contributed by atoms with E-state index in [2.05, 4.69) is 187 Å². The Kier molecular flexibility index (Phi) is 7.62. The number of fused-ring (bicyclic) bond motifs is 6. The maximum Gasteiger partial charge on any atom is 0.221 e. The van der Waals surface area contributed by atoms with Crippen LogP contribution < -0.4 is 15.3 Å². The first-order valence-corrected chi connectivity index (χ1v) is 20.8. The van der Waals surface area contributed by atoms with Crippen molar-refractivity contribution in [3.05, 3.63) is 180 Å². The smallest absolute Gasteiger partial charge is 0.221 e. The monoisotopic (exact) mass is 729 g/mol. The SMILES string of the molecule is CC1CC2=C(C=C1N(c1ccccc1)c1cccc3c1oc1ccccc13)N(C1(C)CC=CCC1)C1(C)C=CC=C3C1B2c1ccccc1N3C1=CCCC=C1. The minimum atomic E-state index is -0.267. The molecule has 1 aromatic heterocycles.